The van der Waals surface area contributed by atoms with E-state index in [9.17, 15) is 9.59 Å². The molecule has 2 amide bonds. The quantitative estimate of drug-likeness (QED) is 0.890. The summed E-state index contributed by atoms with van der Waals surface area (Å²) in [5.74, 6) is -0.286. The van der Waals surface area contributed by atoms with E-state index in [-0.39, 0.29) is 11.8 Å². The van der Waals surface area contributed by atoms with E-state index in [1.807, 2.05) is 18.2 Å². The van der Waals surface area contributed by atoms with Crippen LogP contribution in [0.15, 0.2) is 48.5 Å². The molecule has 0 aliphatic carbocycles. The van der Waals surface area contributed by atoms with E-state index in [4.69, 9.17) is 0 Å². The first-order valence-corrected chi connectivity index (χ1v) is 8.66. The van der Waals surface area contributed by atoms with Gasteiger partial charge in [-0.1, -0.05) is 12.1 Å². The lowest BCUT2D eigenvalue weighted by Crippen LogP contribution is -2.30. The van der Waals surface area contributed by atoms with E-state index < -0.39 is 0 Å². The summed E-state index contributed by atoms with van der Waals surface area (Å²) >= 11 is 0. The predicted molar refractivity (Wildman–Crippen MR) is 101 cm³/mol. The zero-order chi connectivity index (χ0) is 17.6. The van der Waals surface area contributed by atoms with Gasteiger partial charge in [0.05, 0.1) is 11.4 Å². The van der Waals surface area contributed by atoms with E-state index in [1.54, 1.807) is 24.3 Å². The van der Waals surface area contributed by atoms with Crippen LogP contribution in [-0.2, 0) is 4.79 Å². The molecule has 5 nitrogen and oxygen atoms in total. The molecule has 1 aliphatic heterocycles. The third kappa shape index (κ3) is 4.38. The van der Waals surface area contributed by atoms with Gasteiger partial charge in [-0.25, -0.2) is 0 Å². The maximum atomic E-state index is 12.6. The van der Waals surface area contributed by atoms with E-state index in [1.165, 1.54) is 26.2 Å². The summed E-state index contributed by atoms with van der Waals surface area (Å²) in [5.41, 5.74) is 3.14. The molecule has 0 unspecified atom stereocenters. The highest BCUT2D eigenvalue weighted by Crippen LogP contribution is 2.28. The van der Waals surface area contributed by atoms with Gasteiger partial charge in [0.15, 0.2) is 0 Å². The second kappa shape index (κ2) is 7.83. The number of benzene rings is 2. The first-order valence-electron chi connectivity index (χ1n) is 8.66. The molecule has 0 atom stereocenters. The van der Waals surface area contributed by atoms with Crippen LogP contribution >= 0.6 is 0 Å². The van der Waals surface area contributed by atoms with Crippen molar-refractivity contribution in [1.29, 1.82) is 0 Å². The fourth-order valence-corrected chi connectivity index (χ4v) is 3.09. The molecular weight excluding hydrogens is 314 g/mol. The van der Waals surface area contributed by atoms with Gasteiger partial charge in [0.2, 0.25) is 5.91 Å². The van der Waals surface area contributed by atoms with Gasteiger partial charge in [-0.15, -0.1) is 0 Å². The van der Waals surface area contributed by atoms with E-state index in [0.29, 0.717) is 11.3 Å². The third-order valence-electron chi connectivity index (χ3n) is 4.32. The molecule has 2 aromatic rings. The number of carbonyl (C=O) groups excluding carboxylic acids is 2. The molecule has 130 valence electrons. The molecule has 0 aromatic heterocycles. The Morgan fingerprint density at radius 1 is 0.880 bits per heavy atom. The number of hydrogen-bond acceptors (Lipinski definition) is 3. The first kappa shape index (κ1) is 17.0. The summed E-state index contributed by atoms with van der Waals surface area (Å²) in [4.78, 5) is 26.0. The number of rotatable bonds is 4. The summed E-state index contributed by atoms with van der Waals surface area (Å²) in [6.45, 7) is 3.51. The van der Waals surface area contributed by atoms with Gasteiger partial charge < -0.3 is 15.5 Å². The van der Waals surface area contributed by atoms with Crippen LogP contribution in [0.25, 0.3) is 0 Å². The Kier molecular flexibility index (Phi) is 5.33. The number of nitrogens with zero attached hydrogens (tertiary/aromatic N) is 1. The predicted octanol–water partition coefficient (Wildman–Crippen LogP) is 3.89. The molecule has 1 aliphatic rings. The minimum atomic E-state index is -0.154. The van der Waals surface area contributed by atoms with Crippen LogP contribution in [0.5, 0.6) is 0 Å². The molecule has 1 saturated heterocycles. The third-order valence-corrected chi connectivity index (χ3v) is 4.32. The van der Waals surface area contributed by atoms with Crippen molar-refractivity contribution in [2.75, 3.05) is 28.6 Å². The maximum Gasteiger partial charge on any atom is 0.255 e. The summed E-state index contributed by atoms with van der Waals surface area (Å²) in [5, 5.41) is 5.71. The largest absolute Gasteiger partial charge is 0.370 e. The van der Waals surface area contributed by atoms with E-state index >= 15 is 0 Å². The lowest BCUT2D eigenvalue weighted by atomic mass is 10.1. The highest BCUT2D eigenvalue weighted by Gasteiger charge is 2.16. The van der Waals surface area contributed by atoms with Crippen LogP contribution < -0.4 is 15.5 Å². The summed E-state index contributed by atoms with van der Waals surface area (Å²) in [7, 11) is 0. The Bertz CT molecular complexity index is 750. The van der Waals surface area contributed by atoms with Gasteiger partial charge in [-0.2, -0.15) is 0 Å². The molecule has 1 heterocycles. The average Bonchev–Trinajstić information content (AvgIpc) is 2.63. The summed E-state index contributed by atoms with van der Waals surface area (Å²) in [6.07, 6.45) is 3.64. The number of para-hydroxylation sites is 2. The van der Waals surface area contributed by atoms with Gasteiger partial charge in [0.25, 0.3) is 5.91 Å². The molecular formula is C20H23N3O2. The number of piperidine rings is 1. The molecule has 0 bridgehead atoms. The van der Waals surface area contributed by atoms with Crippen molar-refractivity contribution in [3.05, 3.63) is 54.1 Å². The van der Waals surface area contributed by atoms with Crippen LogP contribution in [0.1, 0.15) is 36.5 Å². The molecule has 0 spiro atoms. The Morgan fingerprint density at radius 3 is 2.24 bits per heavy atom. The highest BCUT2D eigenvalue weighted by atomic mass is 16.2. The van der Waals surface area contributed by atoms with Crippen molar-refractivity contribution >= 4 is 28.9 Å². The standard InChI is InChI=1S/C20H23N3O2/c1-15(24)21-17-11-9-16(10-12-17)20(25)22-18-7-3-4-8-19(18)23-13-5-2-6-14-23/h3-4,7-12H,2,5-6,13-14H2,1H3,(H,21,24)(H,22,25). The van der Waals surface area contributed by atoms with Crippen molar-refractivity contribution in [2.45, 2.75) is 26.2 Å². The molecule has 25 heavy (non-hydrogen) atoms. The highest BCUT2D eigenvalue weighted by molar-refractivity contribution is 6.06. The van der Waals surface area contributed by atoms with Crippen LogP contribution in [0.4, 0.5) is 17.1 Å². The molecule has 0 saturated carbocycles. The number of nitrogens with one attached hydrogen (secondary N) is 2. The molecule has 2 aromatic carbocycles. The number of anilines is 3. The normalized spacial score (nSPS) is 14.0. The second-order valence-corrected chi connectivity index (χ2v) is 6.28. The zero-order valence-electron chi connectivity index (χ0n) is 14.4. The number of amides is 2. The van der Waals surface area contributed by atoms with Crippen molar-refractivity contribution < 1.29 is 9.59 Å². The fraction of sp³-hybridized carbons (Fsp3) is 0.300. The van der Waals surface area contributed by atoms with Gasteiger partial charge >= 0.3 is 0 Å². The Morgan fingerprint density at radius 2 is 1.56 bits per heavy atom. The number of hydrogen-bond donors (Lipinski definition) is 2. The summed E-state index contributed by atoms with van der Waals surface area (Å²) < 4.78 is 0. The van der Waals surface area contributed by atoms with Gasteiger partial charge in [-0.3, -0.25) is 9.59 Å². The lowest BCUT2D eigenvalue weighted by molar-refractivity contribution is -0.114. The van der Waals surface area contributed by atoms with Crippen molar-refractivity contribution in [3.63, 3.8) is 0 Å². The average molecular weight is 337 g/mol. The minimum absolute atomic E-state index is 0.132. The van der Waals surface area contributed by atoms with Gasteiger partial charge in [-0.05, 0) is 55.7 Å². The molecule has 0 radical (unpaired) electrons. The Hall–Kier alpha value is -2.82. The molecule has 3 rings (SSSR count). The molecule has 1 fully saturated rings. The van der Waals surface area contributed by atoms with Crippen LogP contribution in [0.3, 0.4) is 0 Å². The monoisotopic (exact) mass is 337 g/mol. The molecule has 5 heteroatoms. The molecule has 2 N–H and O–H groups in total. The van der Waals surface area contributed by atoms with Crippen LogP contribution in [-0.4, -0.2) is 24.9 Å². The SMILES string of the molecule is CC(=O)Nc1ccc(C(=O)Nc2ccccc2N2CCCCC2)cc1. The van der Waals surface area contributed by atoms with Crippen molar-refractivity contribution in [2.24, 2.45) is 0 Å². The first-order chi connectivity index (χ1) is 12.1. The van der Waals surface area contributed by atoms with Crippen LogP contribution in [0.2, 0.25) is 0 Å². The zero-order valence-corrected chi connectivity index (χ0v) is 14.4. The van der Waals surface area contributed by atoms with Crippen molar-refractivity contribution in [3.8, 4) is 0 Å². The lowest BCUT2D eigenvalue weighted by Gasteiger charge is -2.30. The topological polar surface area (TPSA) is 61.4 Å². The fourth-order valence-electron chi connectivity index (χ4n) is 3.09. The Balaban J connectivity index is 1.73. The van der Waals surface area contributed by atoms with E-state index in [2.05, 4.69) is 21.6 Å². The minimum Gasteiger partial charge on any atom is -0.370 e. The smallest absolute Gasteiger partial charge is 0.255 e. The number of carbonyl (C=O) groups is 2. The van der Waals surface area contributed by atoms with Crippen LogP contribution in [0, 0.1) is 0 Å². The Labute approximate surface area is 148 Å². The maximum absolute atomic E-state index is 12.6. The van der Waals surface area contributed by atoms with Gasteiger partial charge in [0, 0.05) is 31.3 Å². The second-order valence-electron chi connectivity index (χ2n) is 6.28. The van der Waals surface area contributed by atoms with Crippen molar-refractivity contribution in [1.82, 2.24) is 0 Å². The van der Waals surface area contributed by atoms with Gasteiger partial charge in [0.1, 0.15) is 0 Å². The summed E-state index contributed by atoms with van der Waals surface area (Å²) in [6, 6.07) is 14.8. The van der Waals surface area contributed by atoms with E-state index in [0.717, 1.165) is 24.5 Å².